The lowest BCUT2D eigenvalue weighted by Gasteiger charge is -2.22. The number of aliphatic hydroxyl groups excluding tert-OH is 1. The number of amides is 1. The molecule has 4 aromatic rings. The van der Waals surface area contributed by atoms with E-state index in [0.29, 0.717) is 33.5 Å². The highest BCUT2D eigenvalue weighted by atomic mass is 32.1. The molecule has 12 heteroatoms. The molecule has 0 unspecified atom stereocenters. The molecule has 2 fully saturated rings. The molecule has 2 aliphatic rings. The lowest BCUT2D eigenvalue weighted by molar-refractivity contribution is 0.0682. The van der Waals surface area contributed by atoms with Crippen molar-refractivity contribution in [3.63, 3.8) is 0 Å². The average Bonchev–Trinajstić information content (AvgIpc) is 3.24. The number of hydrogen-bond acceptors (Lipinski definition) is 8. The normalized spacial score (nSPS) is 19.3. The summed E-state index contributed by atoms with van der Waals surface area (Å²) in [5, 5.41) is 24.6. The molecule has 1 saturated carbocycles. The van der Waals surface area contributed by atoms with Crippen LogP contribution < -0.4 is 16.4 Å². The second-order valence-corrected chi connectivity index (χ2v) is 9.91. The molecule has 4 aromatic heterocycles. The zero-order valence-electron chi connectivity index (χ0n) is 18.6. The van der Waals surface area contributed by atoms with Gasteiger partial charge in [-0.05, 0) is 43.9 Å². The van der Waals surface area contributed by atoms with Gasteiger partial charge in [0, 0.05) is 17.8 Å². The van der Waals surface area contributed by atoms with Crippen molar-refractivity contribution in [1.82, 2.24) is 29.5 Å². The van der Waals surface area contributed by atoms with Gasteiger partial charge in [0.05, 0.1) is 40.3 Å². The predicted molar refractivity (Wildman–Crippen MR) is 128 cm³/mol. The number of aromatic nitrogens is 5. The summed E-state index contributed by atoms with van der Waals surface area (Å²) in [5.74, 6) is -0.343. The minimum absolute atomic E-state index is 0.0311. The summed E-state index contributed by atoms with van der Waals surface area (Å²) in [6, 6.07) is 5.65. The molecule has 1 aliphatic carbocycles. The van der Waals surface area contributed by atoms with Crippen LogP contribution in [-0.4, -0.2) is 70.8 Å². The number of imidazole rings is 1. The highest BCUT2D eigenvalue weighted by Gasteiger charge is 2.29. The van der Waals surface area contributed by atoms with E-state index in [2.05, 4.69) is 15.1 Å². The molecule has 4 N–H and O–H groups in total. The number of carbonyl (C=O) groups excluding carboxylic acids is 1. The van der Waals surface area contributed by atoms with Crippen molar-refractivity contribution >= 4 is 29.0 Å². The summed E-state index contributed by atoms with van der Waals surface area (Å²) in [4.78, 5) is 42.2. The van der Waals surface area contributed by atoms with E-state index in [1.165, 1.54) is 11.3 Å². The lowest BCUT2D eigenvalue weighted by Crippen LogP contribution is -2.37. The SMILES string of the molecule is O=C(c1ccc(-c2cc(=NC3CC3)n3nc/c(=C/c4[nH]c(=O)[nH]c4O)c3n2)s1)N1CCC[C@H]1CO. The van der Waals surface area contributed by atoms with E-state index >= 15 is 0 Å². The van der Waals surface area contributed by atoms with Crippen LogP contribution in [0.15, 0.2) is 34.2 Å². The molecule has 0 aromatic carbocycles. The first kappa shape index (κ1) is 21.7. The van der Waals surface area contributed by atoms with Gasteiger partial charge < -0.3 is 20.1 Å². The molecule has 0 bridgehead atoms. The van der Waals surface area contributed by atoms with E-state index in [1.807, 2.05) is 12.1 Å². The van der Waals surface area contributed by atoms with Gasteiger partial charge in [-0.2, -0.15) is 9.61 Å². The highest BCUT2D eigenvalue weighted by molar-refractivity contribution is 7.17. The fourth-order valence-corrected chi connectivity index (χ4v) is 5.27. The zero-order valence-corrected chi connectivity index (χ0v) is 19.5. The summed E-state index contributed by atoms with van der Waals surface area (Å²) in [7, 11) is 0. The topological polar surface area (TPSA) is 152 Å². The van der Waals surface area contributed by atoms with Gasteiger partial charge in [0.2, 0.25) is 5.88 Å². The maximum absolute atomic E-state index is 13.1. The Balaban J connectivity index is 1.45. The number of carbonyl (C=O) groups is 1. The molecule has 0 radical (unpaired) electrons. The van der Waals surface area contributed by atoms with Crippen LogP contribution in [0.5, 0.6) is 5.88 Å². The smallest absolute Gasteiger partial charge is 0.326 e. The van der Waals surface area contributed by atoms with E-state index < -0.39 is 5.69 Å². The number of aromatic hydroxyl groups is 1. The van der Waals surface area contributed by atoms with Gasteiger partial charge in [-0.15, -0.1) is 11.3 Å². The fourth-order valence-electron chi connectivity index (χ4n) is 4.35. The van der Waals surface area contributed by atoms with Crippen molar-refractivity contribution in [3.05, 3.63) is 56.2 Å². The molecule has 1 saturated heterocycles. The minimum Gasteiger partial charge on any atom is -0.493 e. The maximum atomic E-state index is 13.1. The molecule has 180 valence electrons. The molecule has 5 heterocycles. The summed E-state index contributed by atoms with van der Waals surface area (Å²) in [6.45, 7) is 0.617. The van der Waals surface area contributed by atoms with Crippen LogP contribution in [0.2, 0.25) is 0 Å². The number of H-pyrrole nitrogens is 2. The van der Waals surface area contributed by atoms with E-state index in [-0.39, 0.29) is 36.2 Å². The number of nitrogens with one attached hydrogen (secondary N) is 2. The molecule has 6 rings (SSSR count). The lowest BCUT2D eigenvalue weighted by atomic mass is 10.2. The Bertz CT molecular complexity index is 1610. The van der Waals surface area contributed by atoms with Crippen LogP contribution in [0.3, 0.4) is 0 Å². The van der Waals surface area contributed by atoms with Crippen molar-refractivity contribution < 1.29 is 15.0 Å². The van der Waals surface area contributed by atoms with Crippen molar-refractivity contribution in [1.29, 1.82) is 0 Å². The number of hydrogen-bond donors (Lipinski definition) is 4. The molecule has 35 heavy (non-hydrogen) atoms. The van der Waals surface area contributed by atoms with E-state index in [4.69, 9.17) is 9.98 Å². The Kier molecular flexibility index (Phi) is 5.26. The van der Waals surface area contributed by atoms with Crippen LogP contribution in [0, 0.1) is 0 Å². The summed E-state index contributed by atoms with van der Waals surface area (Å²) >= 11 is 1.35. The third-order valence-electron chi connectivity index (χ3n) is 6.30. The Morgan fingerprint density at radius 1 is 1.29 bits per heavy atom. The van der Waals surface area contributed by atoms with Gasteiger partial charge in [0.25, 0.3) is 5.91 Å². The van der Waals surface area contributed by atoms with Crippen molar-refractivity contribution in [3.8, 4) is 16.5 Å². The van der Waals surface area contributed by atoms with E-state index in [1.54, 1.807) is 27.8 Å². The van der Waals surface area contributed by atoms with Crippen molar-refractivity contribution in [2.75, 3.05) is 13.2 Å². The Morgan fingerprint density at radius 3 is 2.89 bits per heavy atom. The third-order valence-corrected chi connectivity index (χ3v) is 7.39. The Hall–Kier alpha value is -3.77. The largest absolute Gasteiger partial charge is 0.493 e. The van der Waals surface area contributed by atoms with Crippen LogP contribution in [-0.2, 0) is 0 Å². The molecule has 1 aliphatic heterocycles. The fraction of sp³-hybridized carbons (Fsp3) is 0.348. The summed E-state index contributed by atoms with van der Waals surface area (Å²) in [5.41, 5.74) is 1.54. The van der Waals surface area contributed by atoms with Gasteiger partial charge in [-0.25, -0.2) is 9.78 Å². The van der Waals surface area contributed by atoms with Gasteiger partial charge in [-0.3, -0.25) is 14.8 Å². The Morgan fingerprint density at radius 2 is 2.14 bits per heavy atom. The molecular formula is C23H23N7O4S. The highest BCUT2D eigenvalue weighted by Crippen LogP contribution is 2.29. The molecule has 11 nitrogen and oxygen atoms in total. The second-order valence-electron chi connectivity index (χ2n) is 8.82. The zero-order chi connectivity index (χ0) is 24.1. The molecular weight excluding hydrogens is 470 g/mol. The monoisotopic (exact) mass is 493 g/mol. The molecule has 1 amide bonds. The van der Waals surface area contributed by atoms with Gasteiger partial charge in [0.1, 0.15) is 5.69 Å². The number of nitrogens with zero attached hydrogens (tertiary/aromatic N) is 5. The van der Waals surface area contributed by atoms with Crippen LogP contribution >= 0.6 is 11.3 Å². The first-order valence-corrected chi connectivity index (χ1v) is 12.3. The Labute approximate surface area is 202 Å². The van der Waals surface area contributed by atoms with E-state index in [0.717, 1.165) is 30.6 Å². The van der Waals surface area contributed by atoms with Gasteiger partial charge in [-0.1, -0.05) is 0 Å². The van der Waals surface area contributed by atoms with E-state index in [9.17, 15) is 19.8 Å². The number of fused-ring (bicyclic) bond motifs is 1. The number of aliphatic hydroxyl groups is 1. The number of thiophene rings is 1. The van der Waals surface area contributed by atoms with Crippen LogP contribution in [0.1, 0.15) is 41.0 Å². The number of aromatic amines is 2. The van der Waals surface area contributed by atoms with Crippen molar-refractivity contribution in [2.45, 2.75) is 37.8 Å². The van der Waals surface area contributed by atoms with Gasteiger partial charge in [0.15, 0.2) is 11.1 Å². The maximum Gasteiger partial charge on any atom is 0.326 e. The van der Waals surface area contributed by atoms with Gasteiger partial charge >= 0.3 is 5.69 Å². The van der Waals surface area contributed by atoms with Crippen LogP contribution in [0.25, 0.3) is 22.3 Å². The molecule has 0 spiro atoms. The predicted octanol–water partition coefficient (Wildman–Crippen LogP) is 0.387. The first-order valence-electron chi connectivity index (χ1n) is 11.5. The van der Waals surface area contributed by atoms with Crippen LogP contribution in [0.4, 0.5) is 0 Å². The standard InChI is InChI=1S/C23H23N7O4S/c31-11-14-2-1-7-29(14)22(33)18-6-5-17(35-18)15-9-19(25-13-3-4-13)30-20(26-15)12(10-24-30)8-16-21(32)28-23(34)27-16/h5-6,8-10,13-14,31-32H,1-4,7,11H2,(H2,27,28,34)/b12-8-,25-19?/t14-/m0/s1. The molecule has 1 atom stereocenters. The number of rotatable bonds is 5. The summed E-state index contributed by atoms with van der Waals surface area (Å²) in [6.07, 6.45) is 6.96. The summed E-state index contributed by atoms with van der Waals surface area (Å²) < 4.78 is 1.64. The first-order chi connectivity index (χ1) is 17.0. The average molecular weight is 494 g/mol. The third kappa shape index (κ3) is 4.04. The minimum atomic E-state index is -0.513. The second kappa shape index (κ2) is 8.47. The van der Waals surface area contributed by atoms with Crippen molar-refractivity contribution in [2.24, 2.45) is 4.99 Å². The number of likely N-dealkylation sites (tertiary alicyclic amines) is 1. The quantitative estimate of drug-likeness (QED) is 0.316.